The van der Waals surface area contributed by atoms with Gasteiger partial charge in [-0.05, 0) is 63.4 Å². The first kappa shape index (κ1) is 16.1. The van der Waals surface area contributed by atoms with Crippen LogP contribution in [0.1, 0.15) is 43.5 Å². The molecule has 3 rings (SSSR count). The highest BCUT2D eigenvalue weighted by Crippen LogP contribution is 2.27. The molecule has 5 heteroatoms. The summed E-state index contributed by atoms with van der Waals surface area (Å²) in [5.41, 5.74) is 1.09. The SMILES string of the molecule is C[C@H](CCc1cccc(F)c1)N1CCC(c2nncn2C)CC1. The van der Waals surface area contributed by atoms with E-state index in [1.807, 2.05) is 17.7 Å². The van der Waals surface area contributed by atoms with Crippen LogP contribution in [0.2, 0.25) is 0 Å². The number of rotatable bonds is 5. The molecule has 1 aromatic heterocycles. The molecule has 1 atom stereocenters. The molecule has 0 unspecified atom stereocenters. The van der Waals surface area contributed by atoms with Crippen molar-refractivity contribution in [3.8, 4) is 0 Å². The number of benzene rings is 1. The maximum absolute atomic E-state index is 13.2. The van der Waals surface area contributed by atoms with Crippen molar-refractivity contribution < 1.29 is 4.39 Å². The van der Waals surface area contributed by atoms with Crippen molar-refractivity contribution in [3.05, 3.63) is 47.8 Å². The van der Waals surface area contributed by atoms with Gasteiger partial charge in [-0.3, -0.25) is 0 Å². The van der Waals surface area contributed by atoms with Gasteiger partial charge in [-0.1, -0.05) is 12.1 Å². The minimum absolute atomic E-state index is 0.139. The molecule has 1 aliphatic rings. The zero-order valence-electron chi connectivity index (χ0n) is 14.0. The number of hydrogen-bond acceptors (Lipinski definition) is 3. The summed E-state index contributed by atoms with van der Waals surface area (Å²) in [6, 6.07) is 7.48. The van der Waals surface area contributed by atoms with Crippen LogP contribution in [0.5, 0.6) is 0 Å². The van der Waals surface area contributed by atoms with E-state index in [4.69, 9.17) is 0 Å². The van der Waals surface area contributed by atoms with Gasteiger partial charge in [0, 0.05) is 19.0 Å². The largest absolute Gasteiger partial charge is 0.320 e. The highest BCUT2D eigenvalue weighted by Gasteiger charge is 2.26. The minimum atomic E-state index is -0.139. The van der Waals surface area contributed by atoms with Crippen LogP contribution in [0.15, 0.2) is 30.6 Å². The maximum Gasteiger partial charge on any atom is 0.135 e. The normalized spacial score (nSPS) is 18.2. The molecule has 0 N–H and O–H groups in total. The first-order chi connectivity index (χ1) is 11.1. The van der Waals surface area contributed by atoms with E-state index in [-0.39, 0.29) is 5.82 Å². The Morgan fingerprint density at radius 2 is 2.09 bits per heavy atom. The molecule has 1 aliphatic heterocycles. The summed E-state index contributed by atoms with van der Waals surface area (Å²) in [4.78, 5) is 2.55. The summed E-state index contributed by atoms with van der Waals surface area (Å²) in [5.74, 6) is 1.49. The molecule has 0 bridgehead atoms. The predicted molar refractivity (Wildman–Crippen MR) is 88.7 cm³/mol. The molecular weight excluding hydrogens is 291 g/mol. The van der Waals surface area contributed by atoms with Crippen LogP contribution in [0, 0.1) is 5.82 Å². The fourth-order valence-electron chi connectivity index (χ4n) is 3.51. The molecule has 0 amide bonds. The number of nitrogens with zero attached hydrogens (tertiary/aromatic N) is 4. The van der Waals surface area contributed by atoms with Gasteiger partial charge in [-0.2, -0.15) is 0 Å². The Balaban J connectivity index is 1.48. The van der Waals surface area contributed by atoms with Crippen molar-refractivity contribution in [2.45, 2.75) is 44.6 Å². The zero-order chi connectivity index (χ0) is 16.2. The topological polar surface area (TPSA) is 34.0 Å². The van der Waals surface area contributed by atoms with E-state index in [1.54, 1.807) is 18.5 Å². The Kier molecular flexibility index (Phi) is 5.06. The van der Waals surface area contributed by atoms with Crippen LogP contribution in [0.25, 0.3) is 0 Å². The van der Waals surface area contributed by atoms with Gasteiger partial charge >= 0.3 is 0 Å². The van der Waals surface area contributed by atoms with Crippen LogP contribution in [0.4, 0.5) is 4.39 Å². The summed E-state index contributed by atoms with van der Waals surface area (Å²) >= 11 is 0. The summed E-state index contributed by atoms with van der Waals surface area (Å²) < 4.78 is 15.3. The van der Waals surface area contributed by atoms with E-state index in [9.17, 15) is 4.39 Å². The molecule has 0 radical (unpaired) electrons. The van der Waals surface area contributed by atoms with Crippen LogP contribution in [0.3, 0.4) is 0 Å². The van der Waals surface area contributed by atoms with E-state index < -0.39 is 0 Å². The molecule has 124 valence electrons. The molecule has 2 heterocycles. The number of aromatic nitrogens is 3. The number of halogens is 1. The fraction of sp³-hybridized carbons (Fsp3) is 0.556. The lowest BCUT2D eigenvalue weighted by Crippen LogP contribution is -2.40. The third kappa shape index (κ3) is 3.96. The highest BCUT2D eigenvalue weighted by atomic mass is 19.1. The average molecular weight is 316 g/mol. The number of hydrogen-bond donors (Lipinski definition) is 0. The van der Waals surface area contributed by atoms with Crippen LogP contribution < -0.4 is 0 Å². The first-order valence-corrected chi connectivity index (χ1v) is 8.46. The van der Waals surface area contributed by atoms with Gasteiger partial charge < -0.3 is 9.47 Å². The summed E-state index contributed by atoms with van der Waals surface area (Å²) in [7, 11) is 2.02. The second kappa shape index (κ2) is 7.21. The van der Waals surface area contributed by atoms with Gasteiger partial charge in [0.1, 0.15) is 18.0 Å². The molecule has 0 aliphatic carbocycles. The molecule has 1 aromatic carbocycles. The second-order valence-electron chi connectivity index (χ2n) is 6.63. The summed E-state index contributed by atoms with van der Waals surface area (Å²) in [6.07, 6.45) is 6.05. The molecule has 0 saturated carbocycles. The molecule has 1 fully saturated rings. The van der Waals surface area contributed by atoms with Crippen LogP contribution >= 0.6 is 0 Å². The quantitative estimate of drug-likeness (QED) is 0.850. The van der Waals surface area contributed by atoms with Crippen molar-refractivity contribution in [2.24, 2.45) is 7.05 Å². The number of piperidine rings is 1. The van der Waals surface area contributed by atoms with Crippen molar-refractivity contribution >= 4 is 0 Å². The standard InChI is InChI=1S/C18H25FN4/c1-14(6-7-15-4-3-5-17(19)12-15)23-10-8-16(9-11-23)18-21-20-13-22(18)2/h3-5,12-14,16H,6-11H2,1-2H3/t14-/m1/s1. The van der Waals surface area contributed by atoms with Crippen LogP contribution in [-0.2, 0) is 13.5 Å². The predicted octanol–water partition coefficient (Wildman–Crippen LogP) is 3.15. The molecular formula is C18H25FN4. The Labute approximate surface area is 137 Å². The Morgan fingerprint density at radius 1 is 1.30 bits per heavy atom. The summed E-state index contributed by atoms with van der Waals surface area (Å²) in [6.45, 7) is 4.48. The van der Waals surface area contributed by atoms with Crippen LogP contribution in [-0.4, -0.2) is 38.8 Å². The van der Waals surface area contributed by atoms with Crippen molar-refractivity contribution in [1.29, 1.82) is 0 Å². The van der Waals surface area contributed by atoms with Crippen molar-refractivity contribution in [1.82, 2.24) is 19.7 Å². The molecule has 2 aromatic rings. The van der Waals surface area contributed by atoms with Crippen molar-refractivity contribution in [2.75, 3.05) is 13.1 Å². The fourth-order valence-corrected chi connectivity index (χ4v) is 3.51. The molecule has 0 spiro atoms. The van der Waals surface area contributed by atoms with E-state index in [0.717, 1.165) is 50.2 Å². The van der Waals surface area contributed by atoms with E-state index in [0.29, 0.717) is 12.0 Å². The lowest BCUT2D eigenvalue weighted by molar-refractivity contribution is 0.152. The first-order valence-electron chi connectivity index (χ1n) is 8.46. The smallest absolute Gasteiger partial charge is 0.135 e. The molecule has 23 heavy (non-hydrogen) atoms. The zero-order valence-corrected chi connectivity index (χ0v) is 14.0. The third-order valence-corrected chi connectivity index (χ3v) is 5.00. The monoisotopic (exact) mass is 316 g/mol. The second-order valence-corrected chi connectivity index (χ2v) is 6.63. The van der Waals surface area contributed by atoms with Gasteiger partial charge in [0.05, 0.1) is 0 Å². The number of aryl methyl sites for hydroxylation is 2. The van der Waals surface area contributed by atoms with Crippen molar-refractivity contribution in [3.63, 3.8) is 0 Å². The maximum atomic E-state index is 13.2. The van der Waals surface area contributed by atoms with Gasteiger partial charge in [-0.15, -0.1) is 10.2 Å². The average Bonchev–Trinajstić information content (AvgIpc) is 2.99. The van der Waals surface area contributed by atoms with Gasteiger partial charge in [0.25, 0.3) is 0 Å². The molecule has 4 nitrogen and oxygen atoms in total. The summed E-state index contributed by atoms with van der Waals surface area (Å²) in [5, 5.41) is 8.24. The van der Waals surface area contributed by atoms with E-state index in [1.165, 1.54) is 6.07 Å². The van der Waals surface area contributed by atoms with E-state index >= 15 is 0 Å². The Morgan fingerprint density at radius 3 is 2.74 bits per heavy atom. The van der Waals surface area contributed by atoms with Gasteiger partial charge in [0.2, 0.25) is 0 Å². The third-order valence-electron chi connectivity index (χ3n) is 5.00. The highest BCUT2D eigenvalue weighted by molar-refractivity contribution is 5.16. The van der Waals surface area contributed by atoms with Gasteiger partial charge in [0.15, 0.2) is 0 Å². The van der Waals surface area contributed by atoms with Gasteiger partial charge in [-0.25, -0.2) is 4.39 Å². The lowest BCUT2D eigenvalue weighted by atomic mass is 9.94. The molecule has 1 saturated heterocycles. The Hall–Kier alpha value is -1.75. The Bertz CT molecular complexity index is 631. The van der Waals surface area contributed by atoms with E-state index in [2.05, 4.69) is 22.0 Å². The lowest BCUT2D eigenvalue weighted by Gasteiger charge is -2.35. The minimum Gasteiger partial charge on any atom is -0.320 e. The number of likely N-dealkylation sites (tertiary alicyclic amines) is 1.